The Bertz CT molecular complexity index is 991. The minimum Gasteiger partial charge on any atom is -0.494 e. The summed E-state index contributed by atoms with van der Waals surface area (Å²) in [5, 5.41) is 0. The third kappa shape index (κ3) is 10.0. The van der Waals surface area contributed by atoms with E-state index in [0.717, 1.165) is 31.8 Å². The molecule has 0 bridgehead atoms. The Labute approximate surface area is 226 Å². The molecule has 0 N–H and O–H groups in total. The molecule has 0 saturated carbocycles. The maximum Gasteiger partial charge on any atom is 0.119 e. The van der Waals surface area contributed by atoms with Gasteiger partial charge in [-0.3, -0.25) is 0 Å². The molecule has 0 heterocycles. The van der Waals surface area contributed by atoms with Crippen molar-refractivity contribution in [2.24, 2.45) is 0 Å². The van der Waals surface area contributed by atoms with Crippen molar-refractivity contribution in [1.82, 2.24) is 0 Å². The topological polar surface area (TPSA) is 18.5 Å². The summed E-state index contributed by atoms with van der Waals surface area (Å²) in [5.74, 6) is 0.951. The predicted molar refractivity (Wildman–Crippen MR) is 159 cm³/mol. The van der Waals surface area contributed by atoms with E-state index in [1.807, 2.05) is 0 Å². The summed E-state index contributed by atoms with van der Waals surface area (Å²) in [6.07, 6.45) is 14.2. The second kappa shape index (κ2) is 17.0. The minimum absolute atomic E-state index is 0.124. The van der Waals surface area contributed by atoms with Gasteiger partial charge in [-0.05, 0) is 59.7 Å². The Kier molecular flexibility index (Phi) is 13.3. The molecule has 1 unspecified atom stereocenters. The van der Waals surface area contributed by atoms with E-state index in [2.05, 4.69) is 93.6 Å². The van der Waals surface area contributed by atoms with Crippen LogP contribution in [0.2, 0.25) is 0 Å². The highest BCUT2D eigenvalue weighted by Gasteiger charge is 2.10. The van der Waals surface area contributed by atoms with Crippen LogP contribution in [0.25, 0.3) is 22.3 Å². The summed E-state index contributed by atoms with van der Waals surface area (Å²) in [6, 6.07) is 26.1. The smallest absolute Gasteiger partial charge is 0.119 e. The number of ether oxygens (including phenoxy) is 2. The van der Waals surface area contributed by atoms with Crippen LogP contribution in [0.4, 0.5) is 0 Å². The van der Waals surface area contributed by atoms with Crippen molar-refractivity contribution in [3.63, 3.8) is 0 Å². The zero-order valence-electron chi connectivity index (χ0n) is 23.5. The lowest BCUT2D eigenvalue weighted by Crippen LogP contribution is -2.02. The summed E-state index contributed by atoms with van der Waals surface area (Å²) in [6.45, 7) is 8.31. The van der Waals surface area contributed by atoms with Crippen LogP contribution in [-0.4, -0.2) is 13.2 Å². The van der Waals surface area contributed by atoms with E-state index < -0.39 is 0 Å². The van der Waals surface area contributed by atoms with Crippen LogP contribution in [0.15, 0.2) is 72.8 Å². The Morgan fingerprint density at radius 2 is 1.03 bits per heavy atom. The first-order chi connectivity index (χ1) is 18.2. The van der Waals surface area contributed by atoms with Gasteiger partial charge in [0, 0.05) is 6.61 Å². The van der Waals surface area contributed by atoms with Gasteiger partial charge in [-0.2, -0.15) is 0 Å². The molecule has 3 aromatic carbocycles. The molecule has 0 aromatic heterocycles. The van der Waals surface area contributed by atoms with Crippen molar-refractivity contribution < 1.29 is 9.47 Å². The molecule has 0 radical (unpaired) electrons. The fourth-order valence-electron chi connectivity index (χ4n) is 4.79. The van der Waals surface area contributed by atoms with Gasteiger partial charge < -0.3 is 9.47 Å². The molecule has 2 heteroatoms. The summed E-state index contributed by atoms with van der Waals surface area (Å²) in [4.78, 5) is 0. The van der Waals surface area contributed by atoms with Gasteiger partial charge in [-0.1, -0.05) is 132 Å². The molecule has 0 spiro atoms. The summed E-state index contributed by atoms with van der Waals surface area (Å²) < 4.78 is 12.1. The van der Waals surface area contributed by atoms with E-state index in [4.69, 9.17) is 9.47 Å². The monoisotopic (exact) mass is 500 g/mol. The van der Waals surface area contributed by atoms with Crippen LogP contribution in [0.1, 0.15) is 103 Å². The van der Waals surface area contributed by atoms with Crippen molar-refractivity contribution in [2.45, 2.75) is 97.5 Å². The molecular formula is C35H48O2. The summed E-state index contributed by atoms with van der Waals surface area (Å²) >= 11 is 0. The van der Waals surface area contributed by atoms with Crippen LogP contribution < -0.4 is 4.74 Å². The highest BCUT2D eigenvalue weighted by atomic mass is 16.5. The number of hydrogen-bond donors (Lipinski definition) is 0. The standard InChI is InChI=1S/C35H48O2/c1-4-6-8-10-11-12-16-27-36-29(3)30-19-21-31(22-20-30)34-17-13-14-18-35(34)32-23-25-33(26-24-32)37-28-15-9-7-5-2/h13-14,17-26,29H,4-12,15-16,27-28H2,1-3H3. The minimum atomic E-state index is 0.124. The maximum absolute atomic E-state index is 6.14. The second-order valence-corrected chi connectivity index (χ2v) is 10.2. The quantitative estimate of drug-likeness (QED) is 0.162. The molecule has 3 rings (SSSR count). The average Bonchev–Trinajstić information content (AvgIpc) is 2.95. The Hall–Kier alpha value is -2.58. The van der Waals surface area contributed by atoms with Gasteiger partial charge in [0.15, 0.2) is 0 Å². The van der Waals surface area contributed by atoms with E-state index in [1.165, 1.54) is 85.6 Å². The molecule has 3 aromatic rings. The van der Waals surface area contributed by atoms with Crippen molar-refractivity contribution in [3.8, 4) is 28.0 Å². The Morgan fingerprint density at radius 3 is 1.62 bits per heavy atom. The van der Waals surface area contributed by atoms with Crippen molar-refractivity contribution in [1.29, 1.82) is 0 Å². The molecular weight excluding hydrogens is 452 g/mol. The van der Waals surface area contributed by atoms with E-state index in [9.17, 15) is 0 Å². The summed E-state index contributed by atoms with van der Waals surface area (Å²) in [7, 11) is 0. The zero-order chi connectivity index (χ0) is 26.1. The van der Waals surface area contributed by atoms with Crippen LogP contribution >= 0.6 is 0 Å². The Balaban J connectivity index is 1.54. The van der Waals surface area contributed by atoms with Crippen LogP contribution in [0.5, 0.6) is 5.75 Å². The zero-order valence-corrected chi connectivity index (χ0v) is 23.5. The van der Waals surface area contributed by atoms with Gasteiger partial charge in [-0.25, -0.2) is 0 Å². The average molecular weight is 501 g/mol. The molecule has 200 valence electrons. The highest BCUT2D eigenvalue weighted by molar-refractivity contribution is 5.83. The molecule has 0 aliphatic carbocycles. The Morgan fingerprint density at radius 1 is 0.541 bits per heavy atom. The molecule has 0 aliphatic rings. The van der Waals surface area contributed by atoms with Gasteiger partial charge in [-0.15, -0.1) is 0 Å². The van der Waals surface area contributed by atoms with Crippen LogP contribution in [-0.2, 0) is 4.74 Å². The number of rotatable bonds is 18. The lowest BCUT2D eigenvalue weighted by atomic mass is 9.94. The predicted octanol–water partition coefficient (Wildman–Crippen LogP) is 10.8. The molecule has 1 atom stereocenters. The van der Waals surface area contributed by atoms with Crippen molar-refractivity contribution >= 4 is 0 Å². The van der Waals surface area contributed by atoms with Gasteiger partial charge in [0.25, 0.3) is 0 Å². The molecule has 37 heavy (non-hydrogen) atoms. The number of hydrogen-bond acceptors (Lipinski definition) is 2. The lowest BCUT2D eigenvalue weighted by Gasteiger charge is -2.15. The number of benzene rings is 3. The van der Waals surface area contributed by atoms with Crippen molar-refractivity contribution in [3.05, 3.63) is 78.4 Å². The van der Waals surface area contributed by atoms with E-state index in [-0.39, 0.29) is 6.10 Å². The molecule has 0 aliphatic heterocycles. The number of unbranched alkanes of at least 4 members (excludes halogenated alkanes) is 9. The fourth-order valence-corrected chi connectivity index (χ4v) is 4.79. The fraction of sp³-hybridized carbons (Fsp3) is 0.486. The van der Waals surface area contributed by atoms with Gasteiger partial charge >= 0.3 is 0 Å². The summed E-state index contributed by atoms with van der Waals surface area (Å²) in [5.41, 5.74) is 6.18. The first-order valence-electron chi connectivity index (χ1n) is 14.8. The third-order valence-corrected chi connectivity index (χ3v) is 7.17. The molecule has 0 amide bonds. The molecule has 2 nitrogen and oxygen atoms in total. The highest BCUT2D eigenvalue weighted by Crippen LogP contribution is 2.33. The second-order valence-electron chi connectivity index (χ2n) is 10.2. The third-order valence-electron chi connectivity index (χ3n) is 7.17. The first kappa shape index (κ1) is 29.0. The largest absolute Gasteiger partial charge is 0.494 e. The molecule has 0 saturated heterocycles. The maximum atomic E-state index is 6.14. The lowest BCUT2D eigenvalue weighted by molar-refractivity contribution is 0.0627. The SMILES string of the molecule is CCCCCCCCCOC(C)c1ccc(-c2ccccc2-c2ccc(OCCCCCC)cc2)cc1. The van der Waals surface area contributed by atoms with E-state index in [1.54, 1.807) is 0 Å². The normalized spacial score (nSPS) is 12.0. The van der Waals surface area contributed by atoms with Gasteiger partial charge in [0.05, 0.1) is 12.7 Å². The molecule has 0 fully saturated rings. The van der Waals surface area contributed by atoms with E-state index >= 15 is 0 Å². The first-order valence-corrected chi connectivity index (χ1v) is 14.8. The van der Waals surface area contributed by atoms with Gasteiger partial charge in [0.1, 0.15) is 5.75 Å². The van der Waals surface area contributed by atoms with Crippen LogP contribution in [0, 0.1) is 0 Å². The van der Waals surface area contributed by atoms with Crippen LogP contribution in [0.3, 0.4) is 0 Å². The van der Waals surface area contributed by atoms with Crippen molar-refractivity contribution in [2.75, 3.05) is 13.2 Å². The van der Waals surface area contributed by atoms with Gasteiger partial charge in [0.2, 0.25) is 0 Å². The van der Waals surface area contributed by atoms with E-state index in [0.29, 0.717) is 0 Å².